The summed E-state index contributed by atoms with van der Waals surface area (Å²) < 4.78 is 10.4. The lowest BCUT2D eigenvalue weighted by Crippen LogP contribution is -2.43. The zero-order valence-electron chi connectivity index (χ0n) is 15.2. The van der Waals surface area contributed by atoms with Gasteiger partial charge in [-0.2, -0.15) is 0 Å². The Labute approximate surface area is 178 Å². The molecule has 0 aliphatic heterocycles. The van der Waals surface area contributed by atoms with Gasteiger partial charge in [0.1, 0.15) is 11.8 Å². The summed E-state index contributed by atoms with van der Waals surface area (Å²) in [6, 6.07) is 11.1. The van der Waals surface area contributed by atoms with Crippen LogP contribution in [0.3, 0.4) is 0 Å². The zero-order chi connectivity index (χ0) is 20.5. The maximum atomic E-state index is 12.6. The van der Waals surface area contributed by atoms with Gasteiger partial charge in [-0.15, -0.1) is 11.6 Å². The van der Waals surface area contributed by atoms with Crippen molar-refractivity contribution in [1.82, 2.24) is 5.32 Å². The van der Waals surface area contributed by atoms with Crippen molar-refractivity contribution in [1.29, 1.82) is 0 Å². The Kier molecular flexibility index (Phi) is 8.90. The van der Waals surface area contributed by atoms with Gasteiger partial charge >= 0.3 is 5.97 Å². The highest BCUT2D eigenvalue weighted by atomic mass is 35.5. The Morgan fingerprint density at radius 1 is 1.07 bits per heavy atom. The van der Waals surface area contributed by atoms with E-state index >= 15 is 0 Å². The summed E-state index contributed by atoms with van der Waals surface area (Å²) in [6.45, 7) is 0.530. The molecule has 0 aliphatic carbocycles. The van der Waals surface area contributed by atoms with Crippen LogP contribution in [0.25, 0.3) is 0 Å². The molecular formula is C20H20Cl3NO4. The van der Waals surface area contributed by atoms with Crippen molar-refractivity contribution in [3.63, 3.8) is 0 Å². The summed E-state index contributed by atoms with van der Waals surface area (Å²) in [5.74, 6) is 0.120. The fraction of sp³-hybridized carbons (Fsp3) is 0.300. The topological polar surface area (TPSA) is 64.6 Å². The van der Waals surface area contributed by atoms with Gasteiger partial charge in [-0.1, -0.05) is 41.4 Å². The lowest BCUT2D eigenvalue weighted by Gasteiger charge is -2.18. The van der Waals surface area contributed by atoms with Crippen molar-refractivity contribution in [3.8, 4) is 5.75 Å². The third-order valence-electron chi connectivity index (χ3n) is 3.89. The summed E-state index contributed by atoms with van der Waals surface area (Å²) in [7, 11) is 1.26. The molecule has 0 saturated carbocycles. The third-order valence-corrected chi connectivity index (χ3v) is 4.79. The van der Waals surface area contributed by atoms with E-state index in [4.69, 9.17) is 44.3 Å². The minimum Gasteiger partial charge on any atom is -0.494 e. The molecule has 5 nitrogen and oxygen atoms in total. The maximum absolute atomic E-state index is 12.6. The SMILES string of the molecule is COC(=O)C(Cc1ccc(OCCCCl)cc1)NC(=O)c1c(Cl)cccc1Cl. The van der Waals surface area contributed by atoms with E-state index in [0.717, 1.165) is 12.0 Å². The summed E-state index contributed by atoms with van der Waals surface area (Å²) in [6.07, 6.45) is 0.993. The highest BCUT2D eigenvalue weighted by Crippen LogP contribution is 2.24. The molecule has 2 rings (SSSR count). The molecule has 2 aromatic rings. The third kappa shape index (κ3) is 6.30. The van der Waals surface area contributed by atoms with E-state index in [0.29, 0.717) is 18.2 Å². The Hall–Kier alpha value is -1.95. The van der Waals surface area contributed by atoms with Gasteiger partial charge in [0.15, 0.2) is 0 Å². The van der Waals surface area contributed by atoms with Crippen LogP contribution in [-0.4, -0.2) is 37.5 Å². The lowest BCUT2D eigenvalue weighted by molar-refractivity contribution is -0.142. The molecule has 0 radical (unpaired) electrons. The van der Waals surface area contributed by atoms with Gasteiger partial charge in [0, 0.05) is 12.3 Å². The number of hydrogen-bond donors (Lipinski definition) is 1. The second-order valence-electron chi connectivity index (χ2n) is 5.88. The van der Waals surface area contributed by atoms with Crippen LogP contribution in [0.4, 0.5) is 0 Å². The predicted octanol–water partition coefficient (Wildman–Crippen LogP) is 4.52. The fourth-order valence-electron chi connectivity index (χ4n) is 2.48. The molecule has 0 aliphatic rings. The van der Waals surface area contributed by atoms with E-state index in [1.54, 1.807) is 30.3 Å². The second kappa shape index (κ2) is 11.1. The van der Waals surface area contributed by atoms with E-state index in [-0.39, 0.29) is 22.0 Å². The highest BCUT2D eigenvalue weighted by molar-refractivity contribution is 6.39. The van der Waals surface area contributed by atoms with Crippen molar-refractivity contribution in [2.45, 2.75) is 18.9 Å². The second-order valence-corrected chi connectivity index (χ2v) is 7.08. The molecule has 0 bridgehead atoms. The smallest absolute Gasteiger partial charge is 0.328 e. The summed E-state index contributed by atoms with van der Waals surface area (Å²) in [5.41, 5.74) is 0.938. The highest BCUT2D eigenvalue weighted by Gasteiger charge is 2.24. The number of alkyl halides is 1. The molecule has 8 heteroatoms. The molecule has 150 valence electrons. The Morgan fingerprint density at radius 2 is 1.71 bits per heavy atom. The van der Waals surface area contributed by atoms with Crippen LogP contribution in [-0.2, 0) is 16.0 Å². The molecule has 0 saturated heterocycles. The standard InChI is InChI=1S/C20H20Cl3NO4/c1-27-20(26)17(24-19(25)18-15(22)4-2-5-16(18)23)12-13-6-8-14(9-7-13)28-11-3-10-21/h2,4-9,17H,3,10-12H2,1H3,(H,24,25). The van der Waals surface area contributed by atoms with Gasteiger partial charge in [-0.25, -0.2) is 4.79 Å². The zero-order valence-corrected chi connectivity index (χ0v) is 17.5. The molecule has 0 spiro atoms. The van der Waals surface area contributed by atoms with Gasteiger partial charge in [0.25, 0.3) is 5.91 Å². The van der Waals surface area contributed by atoms with E-state index in [1.807, 2.05) is 12.1 Å². The first kappa shape index (κ1) is 22.3. The van der Waals surface area contributed by atoms with Crippen molar-refractivity contribution < 1.29 is 19.1 Å². The molecule has 0 heterocycles. The van der Waals surface area contributed by atoms with E-state index in [2.05, 4.69) is 5.32 Å². The summed E-state index contributed by atoms with van der Waals surface area (Å²) in [5, 5.41) is 3.04. The molecule has 0 aromatic heterocycles. The maximum Gasteiger partial charge on any atom is 0.328 e. The normalized spacial score (nSPS) is 11.6. The number of amides is 1. The van der Waals surface area contributed by atoms with Gasteiger partial charge < -0.3 is 14.8 Å². The number of ether oxygens (including phenoxy) is 2. The van der Waals surface area contributed by atoms with E-state index < -0.39 is 17.9 Å². The first-order chi connectivity index (χ1) is 13.5. The van der Waals surface area contributed by atoms with Crippen molar-refractivity contribution >= 4 is 46.7 Å². The number of esters is 1. The molecule has 1 amide bonds. The minimum absolute atomic E-state index is 0.114. The first-order valence-corrected chi connectivity index (χ1v) is 9.85. The predicted molar refractivity (Wildman–Crippen MR) is 111 cm³/mol. The Bertz CT molecular complexity index is 791. The molecular weight excluding hydrogens is 425 g/mol. The molecule has 0 fully saturated rings. The minimum atomic E-state index is -0.896. The number of methoxy groups -OCH3 is 1. The average Bonchev–Trinajstić information content (AvgIpc) is 2.68. The number of nitrogens with one attached hydrogen (secondary N) is 1. The van der Waals surface area contributed by atoms with Gasteiger partial charge in [-0.3, -0.25) is 4.79 Å². The number of carbonyl (C=O) groups is 2. The van der Waals surface area contributed by atoms with E-state index in [1.165, 1.54) is 7.11 Å². The monoisotopic (exact) mass is 443 g/mol. The van der Waals surface area contributed by atoms with Crippen molar-refractivity contribution in [2.24, 2.45) is 0 Å². The van der Waals surface area contributed by atoms with Crippen molar-refractivity contribution in [3.05, 3.63) is 63.6 Å². The van der Waals surface area contributed by atoms with Gasteiger partial charge in [0.2, 0.25) is 0 Å². The molecule has 28 heavy (non-hydrogen) atoms. The Morgan fingerprint density at radius 3 is 2.29 bits per heavy atom. The number of benzene rings is 2. The fourth-order valence-corrected chi connectivity index (χ4v) is 3.16. The van der Waals surface area contributed by atoms with Crippen LogP contribution < -0.4 is 10.1 Å². The quantitative estimate of drug-likeness (QED) is 0.351. The molecule has 2 aromatic carbocycles. The molecule has 1 N–H and O–H groups in total. The van der Waals surface area contributed by atoms with E-state index in [9.17, 15) is 9.59 Å². The summed E-state index contributed by atoms with van der Waals surface area (Å²) >= 11 is 17.8. The summed E-state index contributed by atoms with van der Waals surface area (Å²) in [4.78, 5) is 24.7. The Balaban J connectivity index is 2.09. The van der Waals surface area contributed by atoms with Gasteiger partial charge in [-0.05, 0) is 36.2 Å². The van der Waals surface area contributed by atoms with Crippen molar-refractivity contribution in [2.75, 3.05) is 19.6 Å². The average molecular weight is 445 g/mol. The van der Waals surface area contributed by atoms with Crippen LogP contribution in [0.1, 0.15) is 22.3 Å². The van der Waals surface area contributed by atoms with Crippen LogP contribution in [0, 0.1) is 0 Å². The van der Waals surface area contributed by atoms with Crippen LogP contribution >= 0.6 is 34.8 Å². The number of halogens is 3. The van der Waals surface area contributed by atoms with Gasteiger partial charge in [0.05, 0.1) is 29.3 Å². The number of carbonyl (C=O) groups excluding carboxylic acids is 2. The van der Waals surface area contributed by atoms with Crippen LogP contribution in [0.2, 0.25) is 10.0 Å². The molecule has 1 unspecified atom stereocenters. The lowest BCUT2D eigenvalue weighted by atomic mass is 10.0. The number of rotatable bonds is 9. The molecule has 1 atom stereocenters. The largest absolute Gasteiger partial charge is 0.494 e. The number of hydrogen-bond acceptors (Lipinski definition) is 4. The van der Waals surface area contributed by atoms with Crippen LogP contribution in [0.15, 0.2) is 42.5 Å². The first-order valence-electron chi connectivity index (χ1n) is 8.56. The van der Waals surface area contributed by atoms with Crippen LogP contribution in [0.5, 0.6) is 5.75 Å².